The molecule has 21 nitrogen and oxygen atoms in total. The number of hydrogen-bond donors (Lipinski definition) is 6. The van der Waals surface area contributed by atoms with Crippen molar-refractivity contribution in [3.05, 3.63) is 249 Å². The maximum absolute atomic E-state index is 14.0. The molecule has 0 saturated carbocycles. The van der Waals surface area contributed by atoms with Crippen molar-refractivity contribution in [3.63, 3.8) is 0 Å². The van der Waals surface area contributed by atoms with Gasteiger partial charge in [0.2, 0.25) is 16.3 Å². The number of nitrogens with one attached hydrogen (secondary N) is 6. The monoisotopic (exact) mass is 1250 g/mol. The molecule has 0 aliphatic rings. The molecule has 0 aliphatic carbocycles. The van der Waals surface area contributed by atoms with Crippen LogP contribution >= 0.6 is 0 Å². The van der Waals surface area contributed by atoms with Gasteiger partial charge in [0.1, 0.15) is 87.0 Å². The largest absolute Gasteiger partial charge is 0.458 e. The number of nitrogens with zero attached hydrogens (tertiary/aromatic N) is 9. The van der Waals surface area contributed by atoms with Crippen molar-refractivity contribution in [3.8, 4) is 33.4 Å². The van der Waals surface area contributed by atoms with Crippen LogP contribution in [0.4, 0.5) is 30.6 Å². The number of para-hydroxylation sites is 3. The van der Waals surface area contributed by atoms with Gasteiger partial charge in [-0.3, -0.25) is 14.4 Å². The molecule has 0 radical (unpaired) electrons. The molecule has 0 fully saturated rings. The molecule has 1 unspecified atom stereocenters. The van der Waals surface area contributed by atoms with Gasteiger partial charge in [-0.1, -0.05) is 93.6 Å². The minimum absolute atomic E-state index is 0.211. The van der Waals surface area contributed by atoms with E-state index in [2.05, 4.69) is 75.8 Å². The quantitative estimate of drug-likeness (QED) is 0.0556. The number of rotatable bonds is 15. The van der Waals surface area contributed by atoms with Gasteiger partial charge in [-0.15, -0.1) is 0 Å². The summed E-state index contributed by atoms with van der Waals surface area (Å²) in [4.78, 5) is 87.2. The van der Waals surface area contributed by atoms with Crippen LogP contribution < -0.4 is 32.2 Å². The molecule has 93 heavy (non-hydrogen) atoms. The summed E-state index contributed by atoms with van der Waals surface area (Å²) in [6, 6.07) is 37.8. The molecule has 9 aromatic heterocycles. The van der Waals surface area contributed by atoms with Gasteiger partial charge in [0, 0.05) is 0 Å². The highest BCUT2D eigenvalue weighted by atomic mass is 19.1. The summed E-state index contributed by atoms with van der Waals surface area (Å²) < 4.78 is 60.8. The molecule has 0 spiro atoms. The first-order valence-electron chi connectivity index (χ1n) is 29.6. The van der Waals surface area contributed by atoms with E-state index < -0.39 is 35.6 Å². The number of anilines is 3. The highest BCUT2D eigenvalue weighted by molar-refractivity contribution is 5.88. The van der Waals surface area contributed by atoms with Crippen molar-refractivity contribution >= 4 is 83.9 Å². The van der Waals surface area contributed by atoms with Crippen molar-refractivity contribution in [1.82, 2.24) is 59.8 Å². The molecular formula is C69H54F3N15O6. The maximum atomic E-state index is 14.0. The van der Waals surface area contributed by atoms with Crippen molar-refractivity contribution in [1.29, 1.82) is 0 Å². The lowest BCUT2D eigenvalue weighted by Gasteiger charge is -2.20. The number of hydrogen-bond acceptors (Lipinski definition) is 18. The molecule has 6 aromatic carbocycles. The normalized spacial score (nSPS) is 12.3. The Morgan fingerprint density at radius 3 is 0.946 bits per heavy atom. The van der Waals surface area contributed by atoms with Gasteiger partial charge in [0.25, 0.3) is 0 Å². The smallest absolute Gasteiger partial charge is 0.200 e. The summed E-state index contributed by atoms with van der Waals surface area (Å²) in [6.07, 6.45) is 10.6. The third-order valence-electron chi connectivity index (χ3n) is 15.6. The van der Waals surface area contributed by atoms with Crippen LogP contribution in [0.25, 0.3) is 99.8 Å². The fraction of sp³-hybridized carbons (Fsp3) is 0.130. The SMILES string of the molecule is CCC(Nc1ncnc2nc[nH]c12)c1oc2ccccc2c(=O)c1-c1cccc(F)c1.CC[C@@H](Nc1ncnc2nc[nH]c12)c1oc2ccccc2c(=O)c1-c1cccc(F)c1.CC[C@H](Nc1ncnc2nc[nH]c12)c1oc2ccccc2c(=O)c1-c1cccc(F)c1. The number of imidazole rings is 3. The first kappa shape index (κ1) is 59.7. The van der Waals surface area contributed by atoms with Crippen molar-refractivity contribution < 1.29 is 26.4 Å². The number of aromatic amines is 3. The maximum Gasteiger partial charge on any atom is 0.200 e. The Labute approximate surface area is 524 Å². The Kier molecular flexibility index (Phi) is 16.8. The molecule has 0 bridgehead atoms. The predicted molar refractivity (Wildman–Crippen MR) is 349 cm³/mol. The number of benzene rings is 6. The van der Waals surface area contributed by atoms with E-state index in [0.29, 0.717) is 154 Å². The van der Waals surface area contributed by atoms with Crippen LogP contribution in [0.5, 0.6) is 0 Å². The number of H-pyrrole nitrogens is 3. The molecule has 0 amide bonds. The van der Waals surface area contributed by atoms with E-state index in [4.69, 9.17) is 13.3 Å². The summed E-state index contributed by atoms with van der Waals surface area (Å²) in [5, 5.41) is 11.4. The molecule has 462 valence electrons. The Bertz CT molecular complexity index is 4910. The summed E-state index contributed by atoms with van der Waals surface area (Å²) in [6.45, 7) is 5.90. The van der Waals surface area contributed by atoms with E-state index >= 15 is 0 Å². The molecule has 0 saturated heterocycles. The first-order valence-corrected chi connectivity index (χ1v) is 29.6. The average Bonchev–Trinajstić information content (AvgIpc) is 1.04. The summed E-state index contributed by atoms with van der Waals surface area (Å²) >= 11 is 0. The van der Waals surface area contributed by atoms with E-state index in [0.717, 1.165) is 0 Å². The van der Waals surface area contributed by atoms with E-state index in [1.807, 2.05) is 39.0 Å². The van der Waals surface area contributed by atoms with E-state index in [9.17, 15) is 27.6 Å². The fourth-order valence-corrected chi connectivity index (χ4v) is 11.1. The summed E-state index contributed by atoms with van der Waals surface area (Å²) in [5.74, 6) is 1.60. The summed E-state index contributed by atoms with van der Waals surface area (Å²) in [7, 11) is 0. The zero-order chi connectivity index (χ0) is 64.1. The van der Waals surface area contributed by atoms with Gasteiger partial charge in [0.15, 0.2) is 34.4 Å². The van der Waals surface area contributed by atoms with Crippen molar-refractivity contribution in [2.24, 2.45) is 0 Å². The lowest BCUT2D eigenvalue weighted by molar-refractivity contribution is 0.495. The second-order valence-electron chi connectivity index (χ2n) is 21.3. The predicted octanol–water partition coefficient (Wildman–Crippen LogP) is 14.5. The molecule has 15 rings (SSSR count). The minimum Gasteiger partial charge on any atom is -0.458 e. The van der Waals surface area contributed by atoms with Crippen LogP contribution in [0.15, 0.2) is 211 Å². The zero-order valence-electron chi connectivity index (χ0n) is 49.8. The van der Waals surface area contributed by atoms with Gasteiger partial charge >= 0.3 is 0 Å². The molecule has 9 heterocycles. The highest BCUT2D eigenvalue weighted by Gasteiger charge is 2.28. The topological polar surface area (TPSA) is 290 Å². The Morgan fingerprint density at radius 1 is 0.376 bits per heavy atom. The van der Waals surface area contributed by atoms with Crippen LogP contribution in [0.3, 0.4) is 0 Å². The molecular weight excluding hydrogens is 1190 g/mol. The number of aromatic nitrogens is 12. The average molecular weight is 1250 g/mol. The fourth-order valence-electron chi connectivity index (χ4n) is 11.1. The molecule has 24 heteroatoms. The minimum atomic E-state index is -0.424. The Balaban J connectivity index is 0.000000127. The number of fused-ring (bicyclic) bond motifs is 6. The van der Waals surface area contributed by atoms with Crippen LogP contribution in [0.2, 0.25) is 0 Å². The van der Waals surface area contributed by atoms with E-state index in [-0.39, 0.29) is 16.3 Å². The molecule has 15 aromatic rings. The molecule has 0 aliphatic heterocycles. The molecule has 6 N–H and O–H groups in total. The second kappa shape index (κ2) is 26.1. The van der Waals surface area contributed by atoms with Gasteiger partial charge < -0.3 is 44.2 Å². The standard InChI is InChI=1S/3C23H18FN5O2/c3*1-2-16(29-23-19-22(26-11-25-19)27-12-28-23)21-18(13-6-5-7-14(24)10-13)20(30)15-8-3-4-9-17(15)31-21/h3*3-12,16H,2H2,1H3,(H2,25,26,27,28,29)/t2*16-;/m10./s1. The van der Waals surface area contributed by atoms with Gasteiger partial charge in [0.05, 0.1) is 70.0 Å². The van der Waals surface area contributed by atoms with Gasteiger partial charge in [-0.2, -0.15) is 0 Å². The van der Waals surface area contributed by atoms with Crippen LogP contribution in [0, 0.1) is 17.5 Å². The van der Waals surface area contributed by atoms with E-state index in [1.54, 1.807) is 110 Å². The van der Waals surface area contributed by atoms with Crippen LogP contribution in [-0.2, 0) is 0 Å². The third-order valence-corrected chi connectivity index (χ3v) is 15.6. The zero-order valence-corrected chi connectivity index (χ0v) is 49.8. The first-order chi connectivity index (χ1) is 45.5. The lowest BCUT2D eigenvalue weighted by Crippen LogP contribution is -2.17. The Morgan fingerprint density at radius 2 is 0.667 bits per heavy atom. The van der Waals surface area contributed by atoms with Crippen molar-refractivity contribution in [2.45, 2.75) is 58.2 Å². The second-order valence-corrected chi connectivity index (χ2v) is 21.3. The summed E-state index contributed by atoms with van der Waals surface area (Å²) in [5.41, 5.74) is 6.67. The highest BCUT2D eigenvalue weighted by Crippen LogP contribution is 2.37. The van der Waals surface area contributed by atoms with Gasteiger partial charge in [-0.25, -0.2) is 58.0 Å². The molecule has 3 atom stereocenters. The van der Waals surface area contributed by atoms with Crippen LogP contribution in [-0.4, -0.2) is 59.8 Å². The van der Waals surface area contributed by atoms with Crippen molar-refractivity contribution in [2.75, 3.05) is 16.0 Å². The number of halogens is 3. The third kappa shape index (κ3) is 12.0. The van der Waals surface area contributed by atoms with Crippen LogP contribution in [0.1, 0.15) is 75.4 Å². The lowest BCUT2D eigenvalue weighted by atomic mass is 9.97. The Hall–Kier alpha value is -12.2. The van der Waals surface area contributed by atoms with E-state index in [1.165, 1.54) is 55.4 Å². The van der Waals surface area contributed by atoms with Gasteiger partial charge in [-0.05, 0) is 109 Å².